The Bertz CT molecular complexity index is 952. The molecule has 166 valence electrons. The second-order valence-corrected chi connectivity index (χ2v) is 10.1. The number of hydrogen-bond acceptors (Lipinski definition) is 6. The normalized spacial score (nSPS) is 20.5. The van der Waals surface area contributed by atoms with E-state index in [0.29, 0.717) is 6.54 Å². The zero-order chi connectivity index (χ0) is 21.9. The molecule has 0 aliphatic heterocycles. The number of anilines is 1. The quantitative estimate of drug-likeness (QED) is 0.666. The van der Waals surface area contributed by atoms with Crippen molar-refractivity contribution in [2.75, 3.05) is 11.9 Å². The average molecular weight is 446 g/mol. The van der Waals surface area contributed by atoms with E-state index < -0.39 is 27.0 Å². The lowest BCUT2D eigenvalue weighted by molar-refractivity contribution is -0.137. The number of nitrogens with one attached hydrogen (secondary N) is 2. The molecule has 0 radical (unpaired) electrons. The molecule has 1 fully saturated rings. The standard InChI is InChI=1S/C19H25F3N4O3S/c1-12(2)30(27,28)23-11-13-6-8-16(9-7-13)24-18-25-17(26-29-18)14-4-3-5-15(10-14)19(20,21)22/h3-5,10,12-13,16,23H,6-9,11H2,1-2H3,(H,24,25,26). The first kappa shape index (κ1) is 22.5. The molecule has 1 aliphatic carbocycles. The SMILES string of the molecule is CC(C)S(=O)(=O)NCC1CCC(Nc2nc(-c3cccc(C(F)(F)F)c3)no2)CC1. The van der Waals surface area contributed by atoms with Gasteiger partial charge in [0.2, 0.25) is 15.8 Å². The molecular formula is C19H25F3N4O3S. The molecule has 1 aliphatic rings. The van der Waals surface area contributed by atoms with Crippen LogP contribution in [0.2, 0.25) is 0 Å². The molecule has 1 aromatic heterocycles. The van der Waals surface area contributed by atoms with Gasteiger partial charge in [0, 0.05) is 18.2 Å². The van der Waals surface area contributed by atoms with Crippen LogP contribution in [0.5, 0.6) is 0 Å². The smallest absolute Gasteiger partial charge is 0.335 e. The second kappa shape index (κ2) is 8.93. The molecule has 0 amide bonds. The van der Waals surface area contributed by atoms with E-state index in [1.807, 2.05) is 0 Å². The highest BCUT2D eigenvalue weighted by atomic mass is 32.2. The lowest BCUT2D eigenvalue weighted by Crippen LogP contribution is -2.37. The Kier molecular flexibility index (Phi) is 6.71. The van der Waals surface area contributed by atoms with Crippen molar-refractivity contribution >= 4 is 16.0 Å². The minimum absolute atomic E-state index is 0.0813. The molecule has 11 heteroatoms. The number of aromatic nitrogens is 2. The molecule has 1 heterocycles. The molecule has 2 aromatic rings. The maximum Gasteiger partial charge on any atom is 0.416 e. The number of hydrogen-bond donors (Lipinski definition) is 2. The van der Waals surface area contributed by atoms with Gasteiger partial charge in [-0.1, -0.05) is 17.3 Å². The highest BCUT2D eigenvalue weighted by Gasteiger charge is 2.31. The number of rotatable bonds is 7. The highest BCUT2D eigenvalue weighted by molar-refractivity contribution is 7.90. The van der Waals surface area contributed by atoms with E-state index in [1.165, 1.54) is 12.1 Å². The summed E-state index contributed by atoms with van der Waals surface area (Å²) in [5, 5.41) is 6.44. The van der Waals surface area contributed by atoms with E-state index in [9.17, 15) is 21.6 Å². The van der Waals surface area contributed by atoms with Gasteiger partial charge in [-0.15, -0.1) is 0 Å². The van der Waals surface area contributed by atoms with Crippen LogP contribution in [0.25, 0.3) is 11.4 Å². The van der Waals surface area contributed by atoms with Crippen molar-refractivity contribution in [1.29, 1.82) is 0 Å². The summed E-state index contributed by atoms with van der Waals surface area (Å²) in [5.41, 5.74) is -0.548. The average Bonchev–Trinajstić information content (AvgIpc) is 3.15. The topological polar surface area (TPSA) is 97.1 Å². The van der Waals surface area contributed by atoms with Crippen LogP contribution in [-0.2, 0) is 16.2 Å². The van der Waals surface area contributed by atoms with Crippen LogP contribution in [-0.4, -0.2) is 36.4 Å². The van der Waals surface area contributed by atoms with Crippen molar-refractivity contribution in [1.82, 2.24) is 14.9 Å². The molecule has 0 unspecified atom stereocenters. The van der Waals surface area contributed by atoms with Crippen LogP contribution in [0.15, 0.2) is 28.8 Å². The van der Waals surface area contributed by atoms with Gasteiger partial charge in [-0.2, -0.15) is 18.2 Å². The van der Waals surface area contributed by atoms with Crippen LogP contribution in [0.4, 0.5) is 19.2 Å². The van der Waals surface area contributed by atoms with Gasteiger partial charge in [0.1, 0.15) is 0 Å². The van der Waals surface area contributed by atoms with E-state index in [2.05, 4.69) is 20.2 Å². The number of sulfonamides is 1. The zero-order valence-corrected chi connectivity index (χ0v) is 17.6. The molecule has 0 spiro atoms. The van der Waals surface area contributed by atoms with Gasteiger partial charge < -0.3 is 9.84 Å². The van der Waals surface area contributed by atoms with Crippen molar-refractivity contribution in [3.05, 3.63) is 29.8 Å². The van der Waals surface area contributed by atoms with Gasteiger partial charge >= 0.3 is 12.2 Å². The summed E-state index contributed by atoms with van der Waals surface area (Å²) >= 11 is 0. The summed E-state index contributed by atoms with van der Waals surface area (Å²) in [7, 11) is -3.26. The molecule has 30 heavy (non-hydrogen) atoms. The Hall–Kier alpha value is -2.14. The lowest BCUT2D eigenvalue weighted by atomic mass is 9.86. The van der Waals surface area contributed by atoms with Gasteiger partial charge in [-0.05, 0) is 57.6 Å². The molecule has 1 saturated carbocycles. The number of nitrogens with zero attached hydrogens (tertiary/aromatic N) is 2. The summed E-state index contributed by atoms with van der Waals surface area (Å²) in [5.74, 6) is 0.348. The van der Waals surface area contributed by atoms with Gasteiger partial charge in [-0.3, -0.25) is 0 Å². The van der Waals surface area contributed by atoms with Crippen molar-refractivity contribution in [2.24, 2.45) is 5.92 Å². The van der Waals surface area contributed by atoms with Crippen molar-refractivity contribution in [3.8, 4) is 11.4 Å². The molecular weight excluding hydrogens is 421 g/mol. The van der Waals surface area contributed by atoms with Crippen molar-refractivity contribution in [2.45, 2.75) is 57.0 Å². The fourth-order valence-electron chi connectivity index (χ4n) is 3.32. The van der Waals surface area contributed by atoms with E-state index in [0.717, 1.165) is 37.8 Å². The first-order chi connectivity index (χ1) is 14.0. The minimum Gasteiger partial charge on any atom is -0.335 e. The second-order valence-electron chi connectivity index (χ2n) is 7.81. The molecule has 2 N–H and O–H groups in total. The number of alkyl halides is 3. The third-order valence-corrected chi connectivity index (χ3v) is 7.05. The maximum atomic E-state index is 12.9. The monoisotopic (exact) mass is 446 g/mol. The van der Waals surface area contributed by atoms with Crippen LogP contribution in [0.3, 0.4) is 0 Å². The lowest BCUT2D eigenvalue weighted by Gasteiger charge is -2.28. The van der Waals surface area contributed by atoms with E-state index in [-0.39, 0.29) is 29.4 Å². The zero-order valence-electron chi connectivity index (χ0n) is 16.7. The Labute approximate surface area is 173 Å². The largest absolute Gasteiger partial charge is 0.416 e. The van der Waals surface area contributed by atoms with Crippen molar-refractivity contribution in [3.63, 3.8) is 0 Å². The van der Waals surface area contributed by atoms with E-state index in [4.69, 9.17) is 4.52 Å². The van der Waals surface area contributed by atoms with Crippen LogP contribution in [0, 0.1) is 5.92 Å². The first-order valence-corrected chi connectivity index (χ1v) is 11.4. The maximum absolute atomic E-state index is 12.9. The van der Waals surface area contributed by atoms with Gasteiger partial charge in [0.25, 0.3) is 0 Å². The molecule has 3 rings (SSSR count). The van der Waals surface area contributed by atoms with E-state index >= 15 is 0 Å². The van der Waals surface area contributed by atoms with Gasteiger partial charge in [0.15, 0.2) is 0 Å². The fraction of sp³-hybridized carbons (Fsp3) is 0.579. The predicted octanol–water partition coefficient (Wildman–Crippen LogP) is 4.05. The summed E-state index contributed by atoms with van der Waals surface area (Å²) in [6, 6.07) is 5.01. The first-order valence-electron chi connectivity index (χ1n) is 9.81. The van der Waals surface area contributed by atoms with Gasteiger partial charge in [-0.25, -0.2) is 13.1 Å². The third kappa shape index (κ3) is 5.72. The highest BCUT2D eigenvalue weighted by Crippen LogP contribution is 2.32. The van der Waals surface area contributed by atoms with Crippen molar-refractivity contribution < 1.29 is 26.1 Å². The van der Waals surface area contributed by atoms with E-state index in [1.54, 1.807) is 13.8 Å². The molecule has 0 atom stereocenters. The molecule has 1 aromatic carbocycles. The Morgan fingerprint density at radius 1 is 1.20 bits per heavy atom. The Balaban J connectivity index is 1.53. The summed E-state index contributed by atoms with van der Waals surface area (Å²) in [6.45, 7) is 3.70. The summed E-state index contributed by atoms with van der Waals surface area (Å²) in [4.78, 5) is 4.16. The number of benzene rings is 1. The fourth-order valence-corrected chi connectivity index (χ4v) is 4.12. The third-order valence-electron chi connectivity index (χ3n) is 5.24. The van der Waals surface area contributed by atoms with Gasteiger partial charge in [0.05, 0.1) is 10.8 Å². The Morgan fingerprint density at radius 3 is 2.53 bits per heavy atom. The van der Waals surface area contributed by atoms with Crippen LogP contribution < -0.4 is 10.0 Å². The van der Waals surface area contributed by atoms with Crippen LogP contribution in [0.1, 0.15) is 45.1 Å². The molecule has 7 nitrogen and oxygen atoms in total. The summed E-state index contributed by atoms with van der Waals surface area (Å²) in [6.07, 6.45) is -1.16. The molecule has 0 saturated heterocycles. The minimum atomic E-state index is -4.44. The molecule has 0 bridgehead atoms. The summed E-state index contributed by atoms with van der Waals surface area (Å²) < 4.78 is 70.2. The Morgan fingerprint density at radius 2 is 1.90 bits per heavy atom. The predicted molar refractivity (Wildman–Crippen MR) is 106 cm³/mol. The number of halogens is 3. The van der Waals surface area contributed by atoms with Crippen LogP contribution >= 0.6 is 0 Å².